The Labute approximate surface area is 256 Å². The fourth-order valence-corrected chi connectivity index (χ4v) is 9.32. The zero-order valence-electron chi connectivity index (χ0n) is 27.4. The van der Waals surface area contributed by atoms with Crippen LogP contribution in [0, 0.1) is 56.7 Å². The highest BCUT2D eigenvalue weighted by atomic mass is 16.7. The van der Waals surface area contributed by atoms with Crippen LogP contribution >= 0.6 is 0 Å². The van der Waals surface area contributed by atoms with Crippen LogP contribution in [0.25, 0.3) is 0 Å². The number of nitriles is 1. The molecule has 0 aromatic heterocycles. The lowest BCUT2D eigenvalue weighted by Gasteiger charge is -2.59. The highest BCUT2D eigenvalue weighted by molar-refractivity contribution is 5.97. The lowest BCUT2D eigenvalue weighted by Crippen LogP contribution is -2.59. The summed E-state index contributed by atoms with van der Waals surface area (Å²) in [6.07, 6.45) is 5.18. The third kappa shape index (κ3) is 6.50. The Morgan fingerprint density at radius 2 is 1.58 bits per heavy atom. The summed E-state index contributed by atoms with van der Waals surface area (Å²) >= 11 is 0. The van der Waals surface area contributed by atoms with Crippen LogP contribution in [0.15, 0.2) is 0 Å². The first-order valence-electron chi connectivity index (χ1n) is 16.2. The molecule has 9 nitrogen and oxygen atoms in total. The largest absolute Gasteiger partial charge is 0.458 e. The summed E-state index contributed by atoms with van der Waals surface area (Å²) < 4.78 is 22.6. The van der Waals surface area contributed by atoms with Gasteiger partial charge in [-0.2, -0.15) is 5.26 Å². The summed E-state index contributed by atoms with van der Waals surface area (Å²) in [4.78, 5) is 52.7. The second kappa shape index (κ2) is 11.8. The van der Waals surface area contributed by atoms with E-state index in [1.54, 1.807) is 48.5 Å². The Bertz CT molecular complexity index is 1140. The Kier molecular flexibility index (Phi) is 9.17. The van der Waals surface area contributed by atoms with Gasteiger partial charge in [-0.05, 0) is 130 Å². The molecule has 5 fully saturated rings. The number of nitrogens with zero attached hydrogens (tertiary/aromatic N) is 1. The van der Waals surface area contributed by atoms with Crippen LogP contribution in [0.4, 0.5) is 0 Å². The number of hydrogen-bond donors (Lipinski definition) is 0. The number of ether oxygens (including phenoxy) is 4. The van der Waals surface area contributed by atoms with Gasteiger partial charge in [0, 0.05) is 6.61 Å². The van der Waals surface area contributed by atoms with Crippen molar-refractivity contribution in [2.45, 2.75) is 131 Å². The van der Waals surface area contributed by atoms with Crippen molar-refractivity contribution in [1.29, 1.82) is 5.26 Å². The number of carbonyl (C=O) groups is 4. The van der Waals surface area contributed by atoms with E-state index in [0.29, 0.717) is 24.9 Å². The molecule has 0 aromatic carbocycles. The van der Waals surface area contributed by atoms with E-state index in [9.17, 15) is 24.4 Å². The van der Waals surface area contributed by atoms with Gasteiger partial charge in [0.25, 0.3) is 0 Å². The number of cyclic esters (lactones) is 2. The van der Waals surface area contributed by atoms with Crippen LogP contribution in [0.5, 0.6) is 0 Å². The van der Waals surface area contributed by atoms with Crippen molar-refractivity contribution < 1.29 is 38.1 Å². The van der Waals surface area contributed by atoms with Crippen molar-refractivity contribution in [3.8, 4) is 6.07 Å². The molecule has 0 amide bonds. The van der Waals surface area contributed by atoms with Crippen molar-refractivity contribution in [2.24, 2.45) is 45.3 Å². The highest BCUT2D eigenvalue weighted by Crippen LogP contribution is 2.60. The van der Waals surface area contributed by atoms with E-state index in [0.717, 1.165) is 37.5 Å². The van der Waals surface area contributed by atoms with E-state index in [1.165, 1.54) is 6.42 Å². The molecular weight excluding hydrogens is 550 g/mol. The Morgan fingerprint density at radius 1 is 1.00 bits per heavy atom. The molecule has 4 atom stereocenters. The number of hydrogen-bond acceptors (Lipinski definition) is 9. The zero-order valence-corrected chi connectivity index (χ0v) is 27.4. The predicted molar refractivity (Wildman–Crippen MR) is 157 cm³/mol. The van der Waals surface area contributed by atoms with Gasteiger partial charge in [0.05, 0.1) is 34.2 Å². The summed E-state index contributed by atoms with van der Waals surface area (Å²) in [6.45, 7) is 14.6. The first kappa shape index (κ1) is 33.4. The lowest BCUT2D eigenvalue weighted by atomic mass is 9.50. The minimum absolute atomic E-state index is 0.0000132. The fraction of sp³-hybridized carbons (Fsp3) is 0.853. The molecule has 1 heterocycles. The van der Waals surface area contributed by atoms with E-state index in [2.05, 4.69) is 13.0 Å². The van der Waals surface area contributed by atoms with Gasteiger partial charge in [0.1, 0.15) is 5.60 Å². The Balaban J connectivity index is 1.59. The summed E-state index contributed by atoms with van der Waals surface area (Å²) in [5, 5.41) is 10.4. The third-order valence-electron chi connectivity index (χ3n) is 11.2. The number of esters is 4. The topological polar surface area (TPSA) is 129 Å². The smallest absolute Gasteiger partial charge is 0.320 e. The standard InChI is InChI=1S/C34H51NO8/c1-9-34(16-26(36)42-29(34)39)19-31(6,20-35)18-32(7,28(38)41-21(3)40-10-2)17-30(4,5)27(37)43-33(8)24-12-22-11-23(14-24)15-25(33)13-22/h21-25H,9-19H2,1-8H3. The molecule has 5 aliphatic rings. The second-order valence-electron chi connectivity index (χ2n) is 15.5. The average molecular weight is 602 g/mol. The van der Waals surface area contributed by atoms with E-state index >= 15 is 0 Å². The zero-order chi connectivity index (χ0) is 32.0. The van der Waals surface area contributed by atoms with E-state index in [-0.39, 0.29) is 31.7 Å². The van der Waals surface area contributed by atoms with E-state index in [4.69, 9.17) is 18.9 Å². The van der Waals surface area contributed by atoms with Crippen molar-refractivity contribution >= 4 is 23.9 Å². The van der Waals surface area contributed by atoms with Crippen LogP contribution in [0.3, 0.4) is 0 Å². The predicted octanol–water partition coefficient (Wildman–Crippen LogP) is 6.27. The first-order chi connectivity index (χ1) is 19.9. The van der Waals surface area contributed by atoms with Crippen LogP contribution in [-0.2, 0) is 38.1 Å². The molecule has 4 aliphatic carbocycles. The van der Waals surface area contributed by atoms with E-state index < -0.39 is 51.5 Å². The van der Waals surface area contributed by atoms with Crippen molar-refractivity contribution in [1.82, 2.24) is 0 Å². The molecule has 0 N–H and O–H groups in total. The quantitative estimate of drug-likeness (QED) is 0.104. The molecule has 43 heavy (non-hydrogen) atoms. The van der Waals surface area contributed by atoms with Gasteiger partial charge in [0.2, 0.25) is 0 Å². The highest BCUT2D eigenvalue weighted by Gasteiger charge is 2.59. The molecule has 0 spiro atoms. The Morgan fingerprint density at radius 3 is 2.05 bits per heavy atom. The Hall–Kier alpha value is -2.47. The first-order valence-corrected chi connectivity index (χ1v) is 16.2. The maximum Gasteiger partial charge on any atom is 0.320 e. The molecule has 240 valence electrons. The van der Waals surface area contributed by atoms with Crippen LogP contribution in [0.2, 0.25) is 0 Å². The van der Waals surface area contributed by atoms with Gasteiger partial charge in [-0.25, -0.2) is 0 Å². The molecule has 0 aromatic rings. The maximum atomic E-state index is 14.0. The summed E-state index contributed by atoms with van der Waals surface area (Å²) in [6, 6.07) is 2.34. The monoisotopic (exact) mass is 601 g/mol. The minimum Gasteiger partial charge on any atom is -0.458 e. The van der Waals surface area contributed by atoms with Crippen molar-refractivity contribution in [2.75, 3.05) is 6.61 Å². The summed E-state index contributed by atoms with van der Waals surface area (Å²) in [5.41, 5.74) is -5.28. The maximum absolute atomic E-state index is 14.0. The SMILES string of the molecule is CCOC(C)OC(=O)C(C)(CC(C)(C#N)CC1(CC)CC(=O)OC1=O)CC(C)(C)C(=O)OC1(C)C2CC3CC(C2)CC1C3. The summed E-state index contributed by atoms with van der Waals surface area (Å²) in [7, 11) is 0. The van der Waals surface area contributed by atoms with Gasteiger partial charge in [0.15, 0.2) is 6.29 Å². The van der Waals surface area contributed by atoms with Gasteiger partial charge in [-0.15, -0.1) is 0 Å². The van der Waals surface area contributed by atoms with E-state index in [1.807, 2.05) is 0 Å². The summed E-state index contributed by atoms with van der Waals surface area (Å²) in [5.74, 6) is -0.0167. The third-order valence-corrected chi connectivity index (χ3v) is 11.2. The molecule has 9 heteroatoms. The van der Waals surface area contributed by atoms with Gasteiger partial charge in [-0.1, -0.05) is 6.92 Å². The molecule has 4 bridgehead atoms. The fourth-order valence-electron chi connectivity index (χ4n) is 9.32. The second-order valence-corrected chi connectivity index (χ2v) is 15.5. The van der Waals surface area contributed by atoms with Crippen LogP contribution < -0.4 is 0 Å². The molecule has 4 unspecified atom stereocenters. The molecule has 0 radical (unpaired) electrons. The molecule has 5 rings (SSSR count). The molecule has 1 saturated heterocycles. The molecule has 4 saturated carbocycles. The van der Waals surface area contributed by atoms with Gasteiger partial charge >= 0.3 is 23.9 Å². The van der Waals surface area contributed by atoms with Gasteiger partial charge in [-0.3, -0.25) is 19.2 Å². The minimum atomic E-state index is -1.31. The number of rotatable bonds is 13. The molecular formula is C34H51NO8. The molecule has 1 aliphatic heterocycles. The van der Waals surface area contributed by atoms with Gasteiger partial charge < -0.3 is 18.9 Å². The number of carbonyl (C=O) groups excluding carboxylic acids is 4. The lowest BCUT2D eigenvalue weighted by molar-refractivity contribution is -0.213. The van der Waals surface area contributed by atoms with Crippen LogP contribution in [0.1, 0.15) is 120 Å². The van der Waals surface area contributed by atoms with Crippen molar-refractivity contribution in [3.63, 3.8) is 0 Å². The normalized spacial score (nSPS) is 35.0. The van der Waals surface area contributed by atoms with Crippen molar-refractivity contribution in [3.05, 3.63) is 0 Å². The average Bonchev–Trinajstić information content (AvgIpc) is 3.18. The van der Waals surface area contributed by atoms with Crippen LogP contribution in [-0.4, -0.2) is 42.4 Å².